The average Bonchev–Trinajstić information content (AvgIpc) is 3.38. The molecule has 7 nitrogen and oxygen atoms in total. The number of hydrogen-bond acceptors (Lipinski definition) is 7. The lowest BCUT2D eigenvalue weighted by Crippen LogP contribution is -2.25. The minimum Gasteiger partial charge on any atom is -0.492 e. The van der Waals surface area contributed by atoms with Gasteiger partial charge in [0.05, 0.1) is 18.9 Å². The van der Waals surface area contributed by atoms with Gasteiger partial charge in [-0.3, -0.25) is 4.90 Å². The van der Waals surface area contributed by atoms with Gasteiger partial charge in [-0.05, 0) is 68.4 Å². The van der Waals surface area contributed by atoms with Crippen molar-refractivity contribution in [1.82, 2.24) is 14.9 Å². The van der Waals surface area contributed by atoms with E-state index < -0.39 is 0 Å². The Hall–Kier alpha value is -3.42. The monoisotopic (exact) mass is 458 g/mol. The van der Waals surface area contributed by atoms with Gasteiger partial charge in [0.1, 0.15) is 24.7 Å². The Bertz CT molecular complexity index is 1130. The lowest BCUT2D eigenvalue weighted by molar-refractivity contribution is 0.144. The number of aromatic nitrogens is 2. The minimum absolute atomic E-state index is 0.446. The van der Waals surface area contributed by atoms with Gasteiger partial charge < -0.3 is 19.5 Å². The number of anilines is 2. The van der Waals surface area contributed by atoms with Crippen molar-refractivity contribution < 1.29 is 14.2 Å². The molecule has 0 unspecified atom stereocenters. The van der Waals surface area contributed by atoms with E-state index in [0.29, 0.717) is 32.4 Å². The van der Waals surface area contributed by atoms with Crippen LogP contribution in [0.2, 0.25) is 0 Å². The first-order valence-electron chi connectivity index (χ1n) is 11.9. The van der Waals surface area contributed by atoms with Crippen LogP contribution < -0.4 is 14.8 Å². The Morgan fingerprint density at radius 3 is 2.85 bits per heavy atom. The molecule has 0 amide bonds. The summed E-state index contributed by atoms with van der Waals surface area (Å²) in [5, 5.41) is 3.33. The molecule has 34 heavy (non-hydrogen) atoms. The summed E-state index contributed by atoms with van der Waals surface area (Å²) in [4.78, 5) is 11.6. The van der Waals surface area contributed by atoms with E-state index in [0.717, 1.165) is 40.6 Å². The molecule has 7 heteroatoms. The molecule has 0 atom stereocenters. The van der Waals surface area contributed by atoms with Crippen LogP contribution in [0.25, 0.3) is 11.3 Å². The van der Waals surface area contributed by atoms with Gasteiger partial charge in [-0.15, -0.1) is 0 Å². The van der Waals surface area contributed by atoms with Crippen molar-refractivity contribution in [3.05, 3.63) is 72.4 Å². The van der Waals surface area contributed by atoms with Crippen molar-refractivity contribution in [2.24, 2.45) is 0 Å². The fraction of sp³-hybridized carbons (Fsp3) is 0.333. The Kier molecular flexibility index (Phi) is 7.33. The van der Waals surface area contributed by atoms with Gasteiger partial charge in [-0.2, -0.15) is 0 Å². The minimum atomic E-state index is 0.446. The van der Waals surface area contributed by atoms with E-state index in [1.165, 1.54) is 25.9 Å². The maximum Gasteiger partial charge on any atom is 0.227 e. The van der Waals surface area contributed by atoms with E-state index in [4.69, 9.17) is 19.2 Å². The van der Waals surface area contributed by atoms with Crippen LogP contribution in [0.3, 0.4) is 0 Å². The third kappa shape index (κ3) is 5.92. The van der Waals surface area contributed by atoms with Crippen molar-refractivity contribution in [2.75, 3.05) is 44.8 Å². The van der Waals surface area contributed by atoms with Gasteiger partial charge in [0.25, 0.3) is 0 Å². The lowest BCUT2D eigenvalue weighted by atomic mass is 10.1. The van der Waals surface area contributed by atoms with Crippen LogP contribution >= 0.6 is 0 Å². The molecule has 3 heterocycles. The largest absolute Gasteiger partial charge is 0.492 e. The number of fused-ring (bicyclic) bond motifs is 7. The number of nitrogens with one attached hydrogen (secondary N) is 1. The molecule has 1 fully saturated rings. The number of likely N-dealkylation sites (tertiary alicyclic amines) is 1. The third-order valence-electron chi connectivity index (χ3n) is 5.95. The van der Waals surface area contributed by atoms with Crippen molar-refractivity contribution in [2.45, 2.75) is 19.4 Å². The van der Waals surface area contributed by atoms with Crippen LogP contribution in [0, 0.1) is 0 Å². The van der Waals surface area contributed by atoms with Crippen LogP contribution in [0.1, 0.15) is 18.4 Å². The summed E-state index contributed by atoms with van der Waals surface area (Å²) in [6.45, 7) is 5.37. The summed E-state index contributed by atoms with van der Waals surface area (Å²) in [6, 6.07) is 15.9. The van der Waals surface area contributed by atoms with E-state index in [9.17, 15) is 0 Å². The summed E-state index contributed by atoms with van der Waals surface area (Å²) in [5.41, 5.74) is 3.68. The molecule has 176 valence electrons. The molecule has 0 aliphatic carbocycles. The molecular formula is C27H30N4O3. The van der Waals surface area contributed by atoms with Crippen LogP contribution in [0.4, 0.5) is 11.6 Å². The number of rotatable bonds is 4. The second-order valence-electron chi connectivity index (χ2n) is 8.44. The van der Waals surface area contributed by atoms with E-state index in [2.05, 4.69) is 15.2 Å². The highest BCUT2D eigenvalue weighted by molar-refractivity contribution is 5.64. The lowest BCUT2D eigenvalue weighted by Gasteiger charge is -2.17. The van der Waals surface area contributed by atoms with Crippen LogP contribution in [-0.4, -0.2) is 54.3 Å². The van der Waals surface area contributed by atoms with Crippen molar-refractivity contribution in [1.29, 1.82) is 0 Å². The Morgan fingerprint density at radius 1 is 1.00 bits per heavy atom. The fourth-order valence-corrected chi connectivity index (χ4v) is 4.17. The molecule has 0 spiro atoms. The highest BCUT2D eigenvalue weighted by Crippen LogP contribution is 2.27. The number of ether oxygens (including phenoxy) is 3. The van der Waals surface area contributed by atoms with E-state index in [1.54, 1.807) is 6.20 Å². The molecule has 5 rings (SSSR count). The number of hydrogen-bond donors (Lipinski definition) is 1. The van der Waals surface area contributed by atoms with Crippen LogP contribution in [-0.2, 0) is 11.3 Å². The predicted molar refractivity (Wildman–Crippen MR) is 133 cm³/mol. The van der Waals surface area contributed by atoms with Crippen LogP contribution in [0.5, 0.6) is 11.5 Å². The normalized spacial score (nSPS) is 17.3. The quantitative estimate of drug-likeness (QED) is 0.562. The summed E-state index contributed by atoms with van der Waals surface area (Å²) < 4.78 is 17.9. The molecule has 0 saturated carbocycles. The first kappa shape index (κ1) is 22.4. The van der Waals surface area contributed by atoms with Gasteiger partial charge in [0, 0.05) is 29.6 Å². The predicted octanol–water partition coefficient (Wildman–Crippen LogP) is 4.83. The molecule has 3 aromatic rings. The molecule has 0 radical (unpaired) electrons. The molecule has 1 saturated heterocycles. The maximum absolute atomic E-state index is 6.15. The molecular weight excluding hydrogens is 428 g/mol. The molecule has 1 aromatic heterocycles. The van der Waals surface area contributed by atoms with Crippen molar-refractivity contribution in [3.8, 4) is 22.8 Å². The van der Waals surface area contributed by atoms with E-state index in [1.807, 2.05) is 60.7 Å². The average molecular weight is 459 g/mol. The Balaban J connectivity index is 1.37. The Morgan fingerprint density at radius 2 is 1.91 bits per heavy atom. The zero-order chi connectivity index (χ0) is 23.0. The summed E-state index contributed by atoms with van der Waals surface area (Å²) in [5.74, 6) is 2.17. The SMILES string of the molecule is C1=C/COc2cccc(c2)-c2ccnc(n2)Nc2ccc(OCCN3CCCC3)c(c2)COC/1. The van der Waals surface area contributed by atoms with Gasteiger partial charge in [-0.1, -0.05) is 18.2 Å². The molecule has 6 bridgehead atoms. The zero-order valence-corrected chi connectivity index (χ0v) is 19.3. The van der Waals surface area contributed by atoms with Crippen molar-refractivity contribution in [3.63, 3.8) is 0 Å². The van der Waals surface area contributed by atoms with Gasteiger partial charge in [-0.25, -0.2) is 9.97 Å². The number of nitrogens with zero attached hydrogens (tertiary/aromatic N) is 3. The summed E-state index contributed by atoms with van der Waals surface area (Å²) >= 11 is 0. The first-order valence-corrected chi connectivity index (χ1v) is 11.9. The third-order valence-corrected chi connectivity index (χ3v) is 5.95. The molecule has 2 aliphatic heterocycles. The number of benzene rings is 2. The molecule has 2 aliphatic rings. The fourth-order valence-electron chi connectivity index (χ4n) is 4.17. The Labute approximate surface area is 200 Å². The second kappa shape index (κ2) is 11.1. The van der Waals surface area contributed by atoms with Gasteiger partial charge >= 0.3 is 0 Å². The smallest absolute Gasteiger partial charge is 0.227 e. The van der Waals surface area contributed by atoms with Crippen LogP contribution in [0.15, 0.2) is 66.9 Å². The van der Waals surface area contributed by atoms with Gasteiger partial charge in [0.15, 0.2) is 0 Å². The van der Waals surface area contributed by atoms with E-state index in [-0.39, 0.29) is 0 Å². The highest BCUT2D eigenvalue weighted by atomic mass is 16.5. The highest BCUT2D eigenvalue weighted by Gasteiger charge is 2.13. The summed E-state index contributed by atoms with van der Waals surface area (Å²) in [6.07, 6.45) is 8.28. The van der Waals surface area contributed by atoms with Gasteiger partial charge in [0.2, 0.25) is 5.95 Å². The second-order valence-corrected chi connectivity index (χ2v) is 8.44. The van der Waals surface area contributed by atoms with Crippen molar-refractivity contribution >= 4 is 11.6 Å². The first-order chi connectivity index (χ1) is 16.8. The topological polar surface area (TPSA) is 68.7 Å². The maximum atomic E-state index is 6.15. The summed E-state index contributed by atoms with van der Waals surface area (Å²) in [7, 11) is 0. The molecule has 1 N–H and O–H groups in total. The zero-order valence-electron chi connectivity index (χ0n) is 19.3. The molecule has 2 aromatic carbocycles. The standard InChI is InChI=1S/C27H30N4O3/c1-2-13-31(12-1)14-17-34-26-9-8-23-18-22(26)20-32-15-3-4-16-33-24-7-5-6-21(19-24)25-10-11-28-27(29-23)30-25/h3-11,18-19H,1-2,12-17,20H2,(H,28,29,30)/b4-3+. The van der Waals surface area contributed by atoms with E-state index >= 15 is 0 Å².